The number of fused-ring (bicyclic) bond motifs is 1. The van der Waals surface area contributed by atoms with Gasteiger partial charge in [0.2, 0.25) is 5.88 Å². The number of carbonyl (C=O) groups is 1. The molecule has 0 unspecified atom stereocenters. The van der Waals surface area contributed by atoms with Crippen molar-refractivity contribution in [2.24, 2.45) is 0 Å². The van der Waals surface area contributed by atoms with Gasteiger partial charge in [0, 0.05) is 23.8 Å². The fourth-order valence-corrected chi connectivity index (χ4v) is 3.10. The van der Waals surface area contributed by atoms with E-state index in [2.05, 4.69) is 9.97 Å². The molecule has 30 heavy (non-hydrogen) atoms. The molecule has 0 N–H and O–H groups in total. The maximum atomic E-state index is 11.7. The van der Waals surface area contributed by atoms with E-state index in [0.29, 0.717) is 28.0 Å². The van der Waals surface area contributed by atoms with Crippen LogP contribution >= 0.6 is 23.2 Å². The average Bonchev–Trinajstić information content (AvgIpc) is 3.20. The van der Waals surface area contributed by atoms with Crippen molar-refractivity contribution in [1.82, 2.24) is 14.5 Å². The van der Waals surface area contributed by atoms with Gasteiger partial charge in [-0.05, 0) is 32.9 Å². The number of aromatic nitrogens is 3. The van der Waals surface area contributed by atoms with Gasteiger partial charge in [0.1, 0.15) is 12.2 Å². The highest BCUT2D eigenvalue weighted by molar-refractivity contribution is 6.45. The first-order valence-electron chi connectivity index (χ1n) is 9.44. The second-order valence-corrected chi connectivity index (χ2v) is 8.29. The summed E-state index contributed by atoms with van der Waals surface area (Å²) in [5.41, 5.74) is 0.854. The minimum atomic E-state index is -0.501. The summed E-state index contributed by atoms with van der Waals surface area (Å²) in [5.74, 6) is 0.0854. The molecule has 0 aliphatic carbocycles. The maximum absolute atomic E-state index is 11.7. The van der Waals surface area contributed by atoms with Crippen molar-refractivity contribution in [3.05, 3.63) is 47.0 Å². The molecule has 2 aromatic heterocycles. The van der Waals surface area contributed by atoms with Gasteiger partial charge in [0.15, 0.2) is 0 Å². The predicted octanol–water partition coefficient (Wildman–Crippen LogP) is 4.85. The van der Waals surface area contributed by atoms with Gasteiger partial charge in [0.05, 0.1) is 47.2 Å². The second-order valence-electron chi connectivity index (χ2n) is 7.50. The van der Waals surface area contributed by atoms with E-state index < -0.39 is 5.60 Å². The molecular weight excluding hydrogens is 429 g/mol. The number of carbonyl (C=O) groups excluding carboxylic acids is 1. The molecule has 0 fully saturated rings. The van der Waals surface area contributed by atoms with Crippen LogP contribution in [-0.4, -0.2) is 45.9 Å². The number of esters is 1. The van der Waals surface area contributed by atoms with Crippen LogP contribution in [0.1, 0.15) is 27.2 Å². The van der Waals surface area contributed by atoms with E-state index in [9.17, 15) is 4.79 Å². The fraction of sp³-hybridized carbons (Fsp3) is 0.381. The van der Waals surface area contributed by atoms with E-state index in [0.717, 1.165) is 11.1 Å². The molecule has 0 saturated heterocycles. The molecule has 0 amide bonds. The lowest BCUT2D eigenvalue weighted by Crippen LogP contribution is -2.24. The van der Waals surface area contributed by atoms with E-state index in [1.165, 1.54) is 0 Å². The summed E-state index contributed by atoms with van der Waals surface area (Å²) in [4.78, 5) is 20.3. The molecule has 9 heteroatoms. The fourth-order valence-electron chi connectivity index (χ4n) is 2.74. The highest BCUT2D eigenvalue weighted by Crippen LogP contribution is 2.34. The molecular formula is C21H23Cl2N3O4. The van der Waals surface area contributed by atoms with Gasteiger partial charge >= 0.3 is 5.97 Å². The summed E-state index contributed by atoms with van der Waals surface area (Å²) in [7, 11) is 0. The van der Waals surface area contributed by atoms with E-state index in [1.54, 1.807) is 24.7 Å². The van der Waals surface area contributed by atoms with Crippen LogP contribution < -0.4 is 4.74 Å². The number of halogens is 2. The van der Waals surface area contributed by atoms with Gasteiger partial charge in [-0.25, -0.2) is 9.97 Å². The molecule has 0 radical (unpaired) electrons. The highest BCUT2D eigenvalue weighted by Gasteiger charge is 2.16. The smallest absolute Gasteiger partial charge is 0.308 e. The molecule has 3 rings (SSSR count). The number of ether oxygens (including phenoxy) is 3. The number of imidazole rings is 1. The largest absolute Gasteiger partial charge is 0.475 e. The lowest BCUT2D eigenvalue weighted by molar-refractivity contribution is -0.156. The molecule has 0 aliphatic rings. The summed E-state index contributed by atoms with van der Waals surface area (Å²) >= 11 is 12.5. The number of pyridine rings is 1. The Kier molecular flexibility index (Phi) is 7.18. The minimum absolute atomic E-state index is 0.185. The zero-order valence-electron chi connectivity index (χ0n) is 17.0. The van der Waals surface area contributed by atoms with Crippen LogP contribution in [0, 0.1) is 0 Å². The van der Waals surface area contributed by atoms with Gasteiger partial charge in [-0.1, -0.05) is 23.2 Å². The van der Waals surface area contributed by atoms with Crippen LogP contribution in [0.25, 0.3) is 16.6 Å². The Morgan fingerprint density at radius 2 is 1.97 bits per heavy atom. The predicted molar refractivity (Wildman–Crippen MR) is 116 cm³/mol. The van der Waals surface area contributed by atoms with Crippen LogP contribution in [0.3, 0.4) is 0 Å². The molecule has 2 heterocycles. The molecule has 1 aromatic carbocycles. The van der Waals surface area contributed by atoms with Crippen molar-refractivity contribution >= 4 is 40.1 Å². The topological polar surface area (TPSA) is 75.5 Å². The summed E-state index contributed by atoms with van der Waals surface area (Å²) in [6.07, 6.45) is 5.37. The number of hydrogen-bond acceptors (Lipinski definition) is 6. The van der Waals surface area contributed by atoms with Crippen LogP contribution in [0.5, 0.6) is 5.88 Å². The Labute approximate surface area is 184 Å². The molecule has 0 saturated carbocycles. The Bertz CT molecular complexity index is 1020. The zero-order chi connectivity index (χ0) is 21.7. The molecule has 7 nitrogen and oxygen atoms in total. The van der Waals surface area contributed by atoms with Crippen LogP contribution in [-0.2, 0) is 14.3 Å². The van der Waals surface area contributed by atoms with Crippen LogP contribution in [0.15, 0.2) is 36.9 Å². The quantitative estimate of drug-likeness (QED) is 0.359. The number of nitrogens with zero attached hydrogens (tertiary/aromatic N) is 3. The standard InChI is InChI=1S/C21H23Cl2N3O4/c1-21(2,3)30-18(27)6-9-28-10-11-29-17-12-16(26-8-7-24-13-26)14-4-5-15(22)19(23)20(14)25-17/h4-5,7-8,12-13H,6,9-11H2,1-3H3. The summed E-state index contributed by atoms with van der Waals surface area (Å²) in [6.45, 7) is 6.29. The van der Waals surface area contributed by atoms with E-state index in [1.807, 2.05) is 37.6 Å². The molecule has 0 atom stereocenters. The van der Waals surface area contributed by atoms with Gasteiger partial charge < -0.3 is 18.8 Å². The number of benzene rings is 1. The van der Waals surface area contributed by atoms with Gasteiger partial charge in [-0.2, -0.15) is 0 Å². The third-order valence-corrected chi connectivity index (χ3v) is 4.75. The first-order valence-corrected chi connectivity index (χ1v) is 10.2. The molecule has 0 spiro atoms. The van der Waals surface area contributed by atoms with Crippen LogP contribution in [0.4, 0.5) is 0 Å². The van der Waals surface area contributed by atoms with Gasteiger partial charge in [-0.15, -0.1) is 0 Å². The van der Waals surface area contributed by atoms with E-state index >= 15 is 0 Å². The summed E-state index contributed by atoms with van der Waals surface area (Å²) < 4.78 is 18.3. The Balaban J connectivity index is 1.63. The molecule has 0 aliphatic heterocycles. The lowest BCUT2D eigenvalue weighted by Gasteiger charge is -2.19. The molecule has 0 bridgehead atoms. The number of hydrogen-bond donors (Lipinski definition) is 0. The van der Waals surface area contributed by atoms with Crippen molar-refractivity contribution in [2.75, 3.05) is 19.8 Å². The van der Waals surface area contributed by atoms with E-state index in [-0.39, 0.29) is 25.6 Å². The summed E-state index contributed by atoms with van der Waals surface area (Å²) in [5, 5.41) is 1.59. The average molecular weight is 452 g/mol. The summed E-state index contributed by atoms with van der Waals surface area (Å²) in [6, 6.07) is 5.39. The second kappa shape index (κ2) is 9.64. The normalized spacial score (nSPS) is 11.6. The van der Waals surface area contributed by atoms with Crippen molar-refractivity contribution in [1.29, 1.82) is 0 Å². The highest BCUT2D eigenvalue weighted by atomic mass is 35.5. The Morgan fingerprint density at radius 3 is 2.67 bits per heavy atom. The molecule has 3 aromatic rings. The van der Waals surface area contributed by atoms with E-state index in [4.69, 9.17) is 37.4 Å². The number of rotatable bonds is 8. The monoisotopic (exact) mass is 451 g/mol. The third-order valence-electron chi connectivity index (χ3n) is 3.96. The van der Waals surface area contributed by atoms with Crippen molar-refractivity contribution in [3.63, 3.8) is 0 Å². The minimum Gasteiger partial charge on any atom is -0.475 e. The van der Waals surface area contributed by atoms with Gasteiger partial charge in [0.25, 0.3) is 0 Å². The Hall–Kier alpha value is -2.35. The van der Waals surface area contributed by atoms with Crippen LogP contribution in [0.2, 0.25) is 10.0 Å². The first kappa shape index (κ1) is 22.3. The first-order chi connectivity index (χ1) is 14.2. The molecule has 160 valence electrons. The zero-order valence-corrected chi connectivity index (χ0v) is 18.5. The maximum Gasteiger partial charge on any atom is 0.308 e. The third kappa shape index (κ3) is 5.84. The van der Waals surface area contributed by atoms with Gasteiger partial charge in [-0.3, -0.25) is 4.79 Å². The lowest BCUT2D eigenvalue weighted by atomic mass is 10.2. The van der Waals surface area contributed by atoms with Crippen molar-refractivity contribution < 1.29 is 19.0 Å². The Morgan fingerprint density at radius 1 is 1.17 bits per heavy atom. The van der Waals surface area contributed by atoms with Crippen molar-refractivity contribution in [2.45, 2.75) is 32.8 Å². The van der Waals surface area contributed by atoms with Crippen molar-refractivity contribution in [3.8, 4) is 11.6 Å². The SMILES string of the molecule is CC(C)(C)OC(=O)CCOCCOc1cc(-n2ccnc2)c2ccc(Cl)c(Cl)c2n1.